The van der Waals surface area contributed by atoms with Crippen LogP contribution in [0.3, 0.4) is 0 Å². The van der Waals surface area contributed by atoms with E-state index in [4.69, 9.17) is 4.74 Å². The number of methoxy groups -OCH3 is 1. The molecule has 0 aliphatic carbocycles. The molecule has 6 heteroatoms. The Morgan fingerprint density at radius 2 is 1.93 bits per heavy atom. The van der Waals surface area contributed by atoms with E-state index >= 15 is 0 Å². The van der Waals surface area contributed by atoms with Gasteiger partial charge >= 0.3 is 0 Å². The number of carbonyl (C=O) groups excluding carboxylic acids is 1. The van der Waals surface area contributed by atoms with E-state index in [9.17, 15) is 4.79 Å². The number of rotatable bonds is 5. The summed E-state index contributed by atoms with van der Waals surface area (Å²) in [5.41, 5.74) is 4.12. The third-order valence-electron chi connectivity index (χ3n) is 5.00. The maximum atomic E-state index is 12.9. The Morgan fingerprint density at radius 1 is 1.14 bits per heavy atom. The van der Waals surface area contributed by atoms with Crippen molar-refractivity contribution in [2.75, 3.05) is 7.11 Å². The second-order valence-electron chi connectivity index (χ2n) is 6.94. The molecule has 0 aliphatic heterocycles. The van der Waals surface area contributed by atoms with E-state index in [1.165, 1.54) is 0 Å². The van der Waals surface area contributed by atoms with Gasteiger partial charge < -0.3 is 14.6 Å². The van der Waals surface area contributed by atoms with Crippen LogP contribution in [-0.2, 0) is 0 Å². The maximum absolute atomic E-state index is 12.9. The first kappa shape index (κ1) is 18.7. The normalized spacial score (nSPS) is 12.0. The lowest BCUT2D eigenvalue weighted by molar-refractivity contribution is 0.0939. The first-order chi connectivity index (χ1) is 14.0. The van der Waals surface area contributed by atoms with E-state index in [0.717, 1.165) is 27.9 Å². The molecule has 1 N–H and O–H groups in total. The molecule has 6 nitrogen and oxygen atoms in total. The number of imidazole rings is 1. The molecule has 0 saturated heterocycles. The van der Waals surface area contributed by atoms with Crippen molar-refractivity contribution in [3.05, 3.63) is 84.1 Å². The molecule has 2 aromatic carbocycles. The molecule has 1 amide bonds. The maximum Gasteiger partial charge on any atom is 0.253 e. The number of nitrogens with zero attached hydrogens (tertiary/aromatic N) is 3. The van der Waals surface area contributed by atoms with E-state index in [1.807, 2.05) is 73.1 Å². The van der Waals surface area contributed by atoms with Crippen molar-refractivity contribution in [2.24, 2.45) is 0 Å². The van der Waals surface area contributed by atoms with Crippen molar-refractivity contribution < 1.29 is 9.53 Å². The van der Waals surface area contributed by atoms with Crippen LogP contribution in [0.5, 0.6) is 5.75 Å². The number of hydrogen-bond acceptors (Lipinski definition) is 4. The average molecular weight is 386 g/mol. The largest absolute Gasteiger partial charge is 0.497 e. The van der Waals surface area contributed by atoms with Crippen LogP contribution in [0.2, 0.25) is 0 Å². The number of carbonyl (C=O) groups is 1. The minimum atomic E-state index is -0.140. The van der Waals surface area contributed by atoms with Gasteiger partial charge in [-0.15, -0.1) is 0 Å². The molecule has 2 heterocycles. The molecule has 0 aliphatic rings. The quantitative estimate of drug-likeness (QED) is 0.557. The topological polar surface area (TPSA) is 69.0 Å². The minimum Gasteiger partial charge on any atom is -0.497 e. The lowest BCUT2D eigenvalue weighted by Gasteiger charge is -2.16. The highest BCUT2D eigenvalue weighted by Gasteiger charge is 2.15. The SMILES string of the molecule is COc1ccc2cc(C(=O)N[C@@H](C)c3ccc(-n4ccnc4)cc3)c(C)nc2c1. The third kappa shape index (κ3) is 3.82. The summed E-state index contributed by atoms with van der Waals surface area (Å²) in [6.07, 6.45) is 5.39. The fourth-order valence-electron chi connectivity index (χ4n) is 3.30. The number of pyridine rings is 1. The highest BCUT2D eigenvalue weighted by molar-refractivity contribution is 5.99. The van der Waals surface area contributed by atoms with Crippen LogP contribution < -0.4 is 10.1 Å². The fourth-order valence-corrected chi connectivity index (χ4v) is 3.30. The van der Waals surface area contributed by atoms with E-state index in [-0.39, 0.29) is 11.9 Å². The molecule has 146 valence electrons. The van der Waals surface area contributed by atoms with Crippen molar-refractivity contribution >= 4 is 16.8 Å². The Bertz CT molecular complexity index is 1150. The van der Waals surface area contributed by atoms with Gasteiger partial charge in [0.15, 0.2) is 0 Å². The molecule has 0 saturated carbocycles. The monoisotopic (exact) mass is 386 g/mol. The highest BCUT2D eigenvalue weighted by Crippen LogP contribution is 2.22. The molecule has 0 bridgehead atoms. The summed E-state index contributed by atoms with van der Waals surface area (Å²) in [6, 6.07) is 15.4. The van der Waals surface area contributed by atoms with E-state index in [2.05, 4.69) is 15.3 Å². The molecule has 0 fully saturated rings. The second kappa shape index (κ2) is 7.75. The van der Waals surface area contributed by atoms with Crippen LogP contribution in [-0.4, -0.2) is 27.6 Å². The van der Waals surface area contributed by atoms with Crippen LogP contribution in [0.1, 0.15) is 34.6 Å². The Morgan fingerprint density at radius 3 is 2.62 bits per heavy atom. The number of aryl methyl sites for hydroxylation is 1. The molecule has 0 unspecified atom stereocenters. The lowest BCUT2D eigenvalue weighted by atomic mass is 10.1. The molecule has 4 rings (SSSR count). The van der Waals surface area contributed by atoms with Gasteiger partial charge in [-0.05, 0) is 49.7 Å². The number of fused-ring (bicyclic) bond motifs is 1. The molecule has 2 aromatic heterocycles. The molecule has 1 atom stereocenters. The summed E-state index contributed by atoms with van der Waals surface area (Å²) in [7, 11) is 1.62. The number of amides is 1. The predicted molar refractivity (Wildman–Crippen MR) is 112 cm³/mol. The summed E-state index contributed by atoms with van der Waals surface area (Å²) in [4.78, 5) is 21.5. The van der Waals surface area contributed by atoms with Crippen molar-refractivity contribution in [2.45, 2.75) is 19.9 Å². The highest BCUT2D eigenvalue weighted by atomic mass is 16.5. The zero-order valence-electron chi connectivity index (χ0n) is 16.6. The summed E-state index contributed by atoms with van der Waals surface area (Å²) < 4.78 is 7.19. The van der Waals surface area contributed by atoms with Crippen molar-refractivity contribution in [3.8, 4) is 11.4 Å². The van der Waals surface area contributed by atoms with Gasteiger partial charge in [-0.2, -0.15) is 0 Å². The van der Waals surface area contributed by atoms with Crippen LogP contribution in [0.4, 0.5) is 0 Å². The molecule has 29 heavy (non-hydrogen) atoms. The van der Waals surface area contributed by atoms with Crippen LogP contribution >= 0.6 is 0 Å². The second-order valence-corrected chi connectivity index (χ2v) is 6.94. The molecule has 4 aromatic rings. The van der Waals surface area contributed by atoms with Crippen molar-refractivity contribution in [1.29, 1.82) is 0 Å². The van der Waals surface area contributed by atoms with Gasteiger partial charge in [0.1, 0.15) is 5.75 Å². The van der Waals surface area contributed by atoms with Crippen molar-refractivity contribution in [3.63, 3.8) is 0 Å². The Hall–Kier alpha value is -3.67. The van der Waals surface area contributed by atoms with Gasteiger partial charge in [0, 0.05) is 29.5 Å². The summed E-state index contributed by atoms with van der Waals surface area (Å²) in [6.45, 7) is 3.82. The molecular weight excluding hydrogens is 364 g/mol. The molecule has 0 radical (unpaired) electrons. The van der Waals surface area contributed by atoms with Gasteiger partial charge in [-0.1, -0.05) is 12.1 Å². The minimum absolute atomic E-state index is 0.134. The van der Waals surface area contributed by atoms with Crippen LogP contribution in [0, 0.1) is 6.92 Å². The van der Waals surface area contributed by atoms with Gasteiger partial charge in [0.05, 0.1) is 36.3 Å². The lowest BCUT2D eigenvalue weighted by Crippen LogP contribution is -2.27. The summed E-state index contributed by atoms with van der Waals surface area (Å²) >= 11 is 0. The van der Waals surface area contributed by atoms with Crippen LogP contribution in [0.25, 0.3) is 16.6 Å². The summed E-state index contributed by atoms with van der Waals surface area (Å²) in [5.74, 6) is 0.605. The third-order valence-corrected chi connectivity index (χ3v) is 5.00. The van der Waals surface area contributed by atoms with Gasteiger partial charge in [-0.3, -0.25) is 9.78 Å². The average Bonchev–Trinajstić information content (AvgIpc) is 3.27. The number of aromatic nitrogens is 3. The smallest absolute Gasteiger partial charge is 0.253 e. The first-order valence-corrected chi connectivity index (χ1v) is 9.39. The number of nitrogens with one attached hydrogen (secondary N) is 1. The first-order valence-electron chi connectivity index (χ1n) is 9.39. The Balaban J connectivity index is 1.53. The fraction of sp³-hybridized carbons (Fsp3) is 0.174. The Kier molecular flexibility index (Phi) is 4.99. The van der Waals surface area contributed by atoms with E-state index in [0.29, 0.717) is 11.3 Å². The zero-order valence-corrected chi connectivity index (χ0v) is 16.6. The molecular formula is C23H22N4O2. The molecule has 0 spiro atoms. The van der Waals surface area contributed by atoms with E-state index in [1.54, 1.807) is 19.6 Å². The Labute approximate surface area is 169 Å². The number of hydrogen-bond donors (Lipinski definition) is 1. The number of benzene rings is 2. The van der Waals surface area contributed by atoms with Gasteiger partial charge in [0.2, 0.25) is 0 Å². The van der Waals surface area contributed by atoms with Crippen LogP contribution in [0.15, 0.2) is 67.3 Å². The van der Waals surface area contributed by atoms with Gasteiger partial charge in [0.25, 0.3) is 5.91 Å². The summed E-state index contributed by atoms with van der Waals surface area (Å²) in [5, 5.41) is 3.97. The van der Waals surface area contributed by atoms with Gasteiger partial charge in [-0.25, -0.2) is 4.98 Å². The standard InChI is InChI=1S/C23H22N4O2/c1-15(17-4-7-19(8-5-17)27-11-10-24-14-27)26-23(28)21-12-18-6-9-20(29-3)13-22(18)25-16(21)2/h4-15H,1-3H3,(H,26,28)/t15-/m0/s1. The van der Waals surface area contributed by atoms with Crippen molar-refractivity contribution in [1.82, 2.24) is 19.9 Å². The zero-order chi connectivity index (χ0) is 20.4. The predicted octanol–water partition coefficient (Wildman–Crippen LogP) is 4.23. The number of ether oxygens (including phenoxy) is 1. The van der Waals surface area contributed by atoms with E-state index < -0.39 is 0 Å².